The molecule has 5 nitrogen and oxygen atoms in total. The van der Waals surface area contributed by atoms with Gasteiger partial charge in [0, 0.05) is 13.2 Å². The number of carboxylic acids is 1. The lowest BCUT2D eigenvalue weighted by molar-refractivity contribution is 0.0697. The van der Waals surface area contributed by atoms with Crippen molar-refractivity contribution in [3.63, 3.8) is 0 Å². The molecular weight excluding hydrogens is 268 g/mol. The maximum Gasteiger partial charge on any atom is 0.335 e. The molecule has 1 heterocycles. The van der Waals surface area contributed by atoms with Gasteiger partial charge in [-0.15, -0.1) is 0 Å². The van der Waals surface area contributed by atoms with Gasteiger partial charge >= 0.3 is 5.97 Å². The second-order valence-electron chi connectivity index (χ2n) is 4.42. The first kappa shape index (κ1) is 15.7. The van der Waals surface area contributed by atoms with E-state index in [1.165, 1.54) is 12.1 Å². The molecule has 3 N–H and O–H groups in total. The van der Waals surface area contributed by atoms with E-state index >= 15 is 0 Å². The molecule has 0 amide bonds. The van der Waals surface area contributed by atoms with E-state index in [-0.39, 0.29) is 17.3 Å². The third kappa shape index (κ3) is 5.44. The smallest absolute Gasteiger partial charge is 0.335 e. The molecule has 1 unspecified atom stereocenters. The van der Waals surface area contributed by atoms with Crippen molar-refractivity contribution in [3.8, 4) is 0 Å². The first-order valence-corrected chi connectivity index (χ1v) is 6.70. The fourth-order valence-electron chi connectivity index (χ4n) is 1.90. The molecule has 0 saturated heterocycles. The van der Waals surface area contributed by atoms with E-state index in [4.69, 9.17) is 21.8 Å². The third-order valence-electron chi connectivity index (χ3n) is 2.85. The number of nitrogens with zero attached hydrogens (tertiary/aromatic N) is 1. The van der Waals surface area contributed by atoms with Gasteiger partial charge < -0.3 is 15.5 Å². The Balaban J connectivity index is 2.67. The van der Waals surface area contributed by atoms with E-state index < -0.39 is 5.97 Å². The minimum atomic E-state index is -1.03. The molecule has 0 bridgehead atoms. The first-order chi connectivity index (χ1) is 9.06. The minimum Gasteiger partial charge on any atom is -0.478 e. The van der Waals surface area contributed by atoms with Crippen molar-refractivity contribution in [2.45, 2.75) is 26.2 Å². The molecule has 1 atom stereocenters. The number of aliphatic hydroxyl groups excluding tert-OH is 1. The summed E-state index contributed by atoms with van der Waals surface area (Å²) in [6.45, 7) is 2.88. The number of aromatic carboxylic acids is 1. The second kappa shape index (κ2) is 7.96. The molecular formula is C13H19ClN2O3. The van der Waals surface area contributed by atoms with Crippen LogP contribution in [-0.4, -0.2) is 34.3 Å². The van der Waals surface area contributed by atoms with E-state index in [1.54, 1.807) is 0 Å². The highest BCUT2D eigenvalue weighted by Crippen LogP contribution is 2.17. The summed E-state index contributed by atoms with van der Waals surface area (Å²) in [6, 6.07) is 2.77. The largest absolute Gasteiger partial charge is 0.478 e. The zero-order valence-corrected chi connectivity index (χ0v) is 11.7. The number of carboxylic acid groups (broad SMARTS) is 1. The lowest BCUT2D eigenvalue weighted by Crippen LogP contribution is -2.16. The van der Waals surface area contributed by atoms with Crippen LogP contribution in [0.25, 0.3) is 0 Å². The van der Waals surface area contributed by atoms with Crippen LogP contribution in [0, 0.1) is 5.92 Å². The molecule has 19 heavy (non-hydrogen) atoms. The number of aromatic nitrogens is 1. The van der Waals surface area contributed by atoms with Gasteiger partial charge in [-0.25, -0.2) is 9.78 Å². The maximum atomic E-state index is 10.9. The van der Waals surface area contributed by atoms with Crippen molar-refractivity contribution in [2.75, 3.05) is 18.5 Å². The van der Waals surface area contributed by atoms with E-state index in [9.17, 15) is 4.79 Å². The van der Waals surface area contributed by atoms with Crippen molar-refractivity contribution in [3.05, 3.63) is 22.8 Å². The van der Waals surface area contributed by atoms with Crippen molar-refractivity contribution in [1.82, 2.24) is 4.98 Å². The summed E-state index contributed by atoms with van der Waals surface area (Å²) in [5, 5.41) is 21.1. The summed E-state index contributed by atoms with van der Waals surface area (Å²) in [4.78, 5) is 14.9. The predicted molar refractivity (Wildman–Crippen MR) is 74.8 cm³/mol. The highest BCUT2D eigenvalue weighted by atomic mass is 35.5. The van der Waals surface area contributed by atoms with Gasteiger partial charge in [0.15, 0.2) is 0 Å². The zero-order chi connectivity index (χ0) is 14.3. The number of nitrogens with one attached hydrogen (secondary N) is 1. The Morgan fingerprint density at radius 2 is 2.21 bits per heavy atom. The SMILES string of the molecule is CCCC(CCO)CNc1cc(C(=O)O)cc(Cl)n1. The predicted octanol–water partition coefficient (Wildman–Crippen LogP) is 2.64. The van der Waals surface area contributed by atoms with E-state index in [2.05, 4.69) is 17.2 Å². The van der Waals surface area contributed by atoms with Crippen LogP contribution >= 0.6 is 11.6 Å². The number of aliphatic hydroxyl groups is 1. The lowest BCUT2D eigenvalue weighted by Gasteiger charge is -2.16. The van der Waals surface area contributed by atoms with Crippen LogP contribution in [0.15, 0.2) is 12.1 Å². The van der Waals surface area contributed by atoms with E-state index in [0.29, 0.717) is 24.7 Å². The summed E-state index contributed by atoms with van der Waals surface area (Å²) in [5.41, 5.74) is 0.108. The molecule has 0 aliphatic rings. The number of anilines is 1. The molecule has 0 radical (unpaired) electrons. The Kier molecular flexibility index (Phi) is 6.59. The number of carbonyl (C=O) groups is 1. The number of hydrogen-bond donors (Lipinski definition) is 3. The molecule has 0 spiro atoms. The fourth-order valence-corrected chi connectivity index (χ4v) is 2.11. The Hall–Kier alpha value is -1.33. The molecule has 0 aliphatic heterocycles. The summed E-state index contributed by atoms with van der Waals surface area (Å²) >= 11 is 5.78. The quantitative estimate of drug-likeness (QED) is 0.640. The number of pyridine rings is 1. The van der Waals surface area contributed by atoms with Crippen LogP contribution in [0.5, 0.6) is 0 Å². The minimum absolute atomic E-state index is 0.108. The normalized spacial score (nSPS) is 12.2. The first-order valence-electron chi connectivity index (χ1n) is 6.32. The zero-order valence-electron chi connectivity index (χ0n) is 10.9. The molecule has 106 valence electrons. The van der Waals surface area contributed by atoms with Crippen molar-refractivity contribution >= 4 is 23.4 Å². The lowest BCUT2D eigenvalue weighted by atomic mass is 10.0. The molecule has 0 aromatic carbocycles. The van der Waals surface area contributed by atoms with Gasteiger partial charge in [-0.3, -0.25) is 0 Å². The standard InChI is InChI=1S/C13H19ClN2O3/c1-2-3-9(4-5-17)8-15-12-7-10(13(18)19)6-11(14)16-12/h6-7,9,17H,2-5,8H2,1H3,(H,15,16)(H,18,19). The molecule has 6 heteroatoms. The highest BCUT2D eigenvalue weighted by Gasteiger charge is 2.10. The number of rotatable bonds is 8. The van der Waals surface area contributed by atoms with E-state index in [0.717, 1.165) is 12.8 Å². The molecule has 1 rings (SSSR count). The monoisotopic (exact) mass is 286 g/mol. The summed E-state index contributed by atoms with van der Waals surface area (Å²) in [6.07, 6.45) is 2.75. The molecule has 0 saturated carbocycles. The maximum absolute atomic E-state index is 10.9. The third-order valence-corrected chi connectivity index (χ3v) is 3.04. The highest BCUT2D eigenvalue weighted by molar-refractivity contribution is 6.29. The number of hydrogen-bond acceptors (Lipinski definition) is 4. The van der Waals surface area contributed by atoms with Gasteiger partial charge in [0.05, 0.1) is 5.56 Å². The van der Waals surface area contributed by atoms with Gasteiger partial charge in [-0.1, -0.05) is 24.9 Å². The topological polar surface area (TPSA) is 82.5 Å². The average molecular weight is 287 g/mol. The van der Waals surface area contributed by atoms with Gasteiger partial charge in [-0.2, -0.15) is 0 Å². The van der Waals surface area contributed by atoms with Crippen LogP contribution in [0.1, 0.15) is 36.5 Å². The van der Waals surface area contributed by atoms with Crippen molar-refractivity contribution in [2.24, 2.45) is 5.92 Å². The summed E-state index contributed by atoms with van der Waals surface area (Å²) < 4.78 is 0. The Morgan fingerprint density at radius 1 is 1.47 bits per heavy atom. The van der Waals surface area contributed by atoms with Gasteiger partial charge in [-0.05, 0) is 30.9 Å². The van der Waals surface area contributed by atoms with Crippen LogP contribution < -0.4 is 5.32 Å². The van der Waals surface area contributed by atoms with Crippen molar-refractivity contribution < 1.29 is 15.0 Å². The molecule has 1 aromatic heterocycles. The Bertz CT molecular complexity index is 420. The number of halogens is 1. The molecule has 0 aliphatic carbocycles. The second-order valence-corrected chi connectivity index (χ2v) is 4.80. The average Bonchev–Trinajstić information content (AvgIpc) is 2.36. The summed E-state index contributed by atoms with van der Waals surface area (Å²) in [5.74, 6) is -0.249. The fraction of sp³-hybridized carbons (Fsp3) is 0.538. The summed E-state index contributed by atoms with van der Waals surface area (Å²) in [7, 11) is 0. The van der Waals surface area contributed by atoms with Crippen LogP contribution in [-0.2, 0) is 0 Å². The van der Waals surface area contributed by atoms with Crippen LogP contribution in [0.2, 0.25) is 5.15 Å². The van der Waals surface area contributed by atoms with Gasteiger partial charge in [0.25, 0.3) is 0 Å². The van der Waals surface area contributed by atoms with Crippen LogP contribution in [0.3, 0.4) is 0 Å². The Labute approximate surface area is 117 Å². The Morgan fingerprint density at radius 3 is 2.79 bits per heavy atom. The van der Waals surface area contributed by atoms with Crippen molar-refractivity contribution in [1.29, 1.82) is 0 Å². The van der Waals surface area contributed by atoms with E-state index in [1.807, 2.05) is 0 Å². The molecule has 0 fully saturated rings. The van der Waals surface area contributed by atoms with Gasteiger partial charge in [0.1, 0.15) is 11.0 Å². The van der Waals surface area contributed by atoms with Gasteiger partial charge in [0.2, 0.25) is 0 Å². The molecule has 1 aromatic rings. The van der Waals surface area contributed by atoms with Crippen LogP contribution in [0.4, 0.5) is 5.82 Å².